The Morgan fingerprint density at radius 3 is 2.52 bits per heavy atom. The first-order chi connectivity index (χ1) is 12.6. The molecule has 1 amide bonds. The summed E-state index contributed by atoms with van der Waals surface area (Å²) in [4.78, 5) is 12.2. The van der Waals surface area contributed by atoms with Crippen molar-refractivity contribution in [3.8, 4) is 0 Å². The van der Waals surface area contributed by atoms with Crippen LogP contribution in [0.5, 0.6) is 0 Å². The molecule has 3 atom stereocenters. The summed E-state index contributed by atoms with van der Waals surface area (Å²) >= 11 is 0. The number of carbonyl (C=O) groups excluding carboxylic acids is 1. The molecule has 1 fully saturated rings. The lowest BCUT2D eigenvalue weighted by molar-refractivity contribution is 0.0690. The fraction of sp³-hybridized carbons (Fsp3) is 0.650. The van der Waals surface area contributed by atoms with E-state index in [0.717, 1.165) is 5.56 Å². The van der Waals surface area contributed by atoms with E-state index in [1.165, 1.54) is 0 Å². The Labute approximate surface area is 163 Å². The molecule has 6 nitrogen and oxygen atoms in total. The highest BCUT2D eigenvalue weighted by molar-refractivity contribution is 6.74. The molecule has 1 heterocycles. The van der Waals surface area contributed by atoms with Crippen molar-refractivity contribution < 1.29 is 23.8 Å². The van der Waals surface area contributed by atoms with Gasteiger partial charge in [0, 0.05) is 6.42 Å². The topological polar surface area (TPSA) is 80.3 Å². The summed E-state index contributed by atoms with van der Waals surface area (Å²) in [6.45, 7) is 11.9. The Balaban J connectivity index is 1.91. The number of hydrogen-bond donors (Lipinski definition) is 2. The number of nitrogens with one attached hydrogen (secondary N) is 1. The standard InChI is InChI=1S/C20H33NO5Si/c1-20(2,3)27(4,5)26-14-17(18(22)11-16-13-24-16)21-19(23)25-12-15-9-7-6-8-10-15/h6-10,16-18,22H,11-14H2,1-5H3,(H,21,23)/t16-,17-,18-/m0/s1. The molecular formula is C20H33NO5Si. The molecule has 2 rings (SSSR count). The number of carbonyl (C=O) groups is 1. The van der Waals surface area contributed by atoms with Gasteiger partial charge >= 0.3 is 6.09 Å². The third kappa shape index (κ3) is 7.25. The molecule has 0 bridgehead atoms. The van der Waals surface area contributed by atoms with Crippen LogP contribution in [0, 0.1) is 0 Å². The van der Waals surface area contributed by atoms with Crippen LogP contribution in [0.25, 0.3) is 0 Å². The molecule has 0 aliphatic carbocycles. The van der Waals surface area contributed by atoms with Gasteiger partial charge in [0.1, 0.15) is 6.61 Å². The van der Waals surface area contributed by atoms with E-state index in [1.807, 2.05) is 30.3 Å². The molecule has 1 aromatic carbocycles. The van der Waals surface area contributed by atoms with Crippen molar-refractivity contribution in [3.05, 3.63) is 35.9 Å². The highest BCUT2D eigenvalue weighted by atomic mass is 28.4. The first-order valence-corrected chi connectivity index (χ1v) is 12.4. The third-order valence-corrected chi connectivity index (χ3v) is 9.82. The summed E-state index contributed by atoms with van der Waals surface area (Å²) < 4.78 is 16.7. The molecule has 1 aromatic rings. The smallest absolute Gasteiger partial charge is 0.407 e. The summed E-state index contributed by atoms with van der Waals surface area (Å²) in [7, 11) is -1.99. The maximum Gasteiger partial charge on any atom is 0.407 e. The first-order valence-electron chi connectivity index (χ1n) is 9.49. The molecule has 1 aliphatic rings. The van der Waals surface area contributed by atoms with E-state index in [9.17, 15) is 9.90 Å². The monoisotopic (exact) mass is 395 g/mol. The van der Waals surface area contributed by atoms with Crippen molar-refractivity contribution >= 4 is 14.4 Å². The second-order valence-electron chi connectivity index (χ2n) is 8.64. The lowest BCUT2D eigenvalue weighted by Gasteiger charge is -2.38. The summed E-state index contributed by atoms with van der Waals surface area (Å²) in [6, 6.07) is 8.95. The minimum absolute atomic E-state index is 0.0515. The Hall–Kier alpha value is -1.41. The van der Waals surface area contributed by atoms with E-state index in [1.54, 1.807) is 0 Å². The zero-order valence-electron chi connectivity index (χ0n) is 17.0. The van der Waals surface area contributed by atoms with Crippen molar-refractivity contribution in [1.82, 2.24) is 5.32 Å². The lowest BCUT2D eigenvalue weighted by Crippen LogP contribution is -2.51. The van der Waals surface area contributed by atoms with Gasteiger partial charge in [-0.2, -0.15) is 0 Å². The largest absolute Gasteiger partial charge is 0.445 e. The highest BCUT2D eigenvalue weighted by Gasteiger charge is 2.39. The number of epoxide rings is 1. The highest BCUT2D eigenvalue weighted by Crippen LogP contribution is 2.36. The van der Waals surface area contributed by atoms with Crippen LogP contribution in [-0.2, 0) is 20.5 Å². The Morgan fingerprint density at radius 2 is 1.96 bits per heavy atom. The second-order valence-corrected chi connectivity index (χ2v) is 13.5. The second kappa shape index (κ2) is 9.19. The molecular weight excluding hydrogens is 362 g/mol. The van der Waals surface area contributed by atoms with E-state index in [-0.39, 0.29) is 24.4 Å². The first kappa shape index (κ1) is 21.9. The number of aliphatic hydroxyl groups excluding tert-OH is 1. The zero-order valence-corrected chi connectivity index (χ0v) is 18.0. The molecule has 152 valence electrons. The Kier molecular flexibility index (Phi) is 7.45. The van der Waals surface area contributed by atoms with Crippen LogP contribution in [0.1, 0.15) is 32.8 Å². The van der Waals surface area contributed by atoms with Crippen molar-refractivity contribution in [2.75, 3.05) is 13.2 Å². The van der Waals surface area contributed by atoms with Gasteiger partial charge < -0.3 is 24.3 Å². The molecule has 0 saturated carbocycles. The fourth-order valence-electron chi connectivity index (χ4n) is 2.32. The van der Waals surface area contributed by atoms with Crippen LogP contribution >= 0.6 is 0 Å². The SMILES string of the molecule is CC(C)(C)[Si](C)(C)OC[C@H](NC(=O)OCc1ccccc1)[C@@H](O)C[C@H]1CO1. The molecule has 7 heteroatoms. The zero-order chi connectivity index (χ0) is 20.1. The van der Waals surface area contributed by atoms with Gasteiger partial charge in [-0.05, 0) is 23.7 Å². The Bertz CT molecular complexity index is 598. The molecule has 1 saturated heterocycles. The fourth-order valence-corrected chi connectivity index (χ4v) is 3.35. The van der Waals surface area contributed by atoms with Crippen LogP contribution in [0.2, 0.25) is 18.1 Å². The summed E-state index contributed by atoms with van der Waals surface area (Å²) in [5, 5.41) is 13.4. The molecule has 1 aliphatic heterocycles. The average Bonchev–Trinajstić information content (AvgIpc) is 3.40. The van der Waals surface area contributed by atoms with E-state index in [2.05, 4.69) is 39.2 Å². The van der Waals surface area contributed by atoms with Gasteiger partial charge in [0.15, 0.2) is 8.32 Å². The van der Waals surface area contributed by atoms with Crippen LogP contribution in [0.15, 0.2) is 30.3 Å². The summed E-state index contributed by atoms with van der Waals surface area (Å²) in [5.41, 5.74) is 0.911. The van der Waals surface area contributed by atoms with Gasteiger partial charge in [0.05, 0.1) is 31.5 Å². The van der Waals surface area contributed by atoms with Crippen LogP contribution < -0.4 is 5.32 Å². The van der Waals surface area contributed by atoms with E-state index in [0.29, 0.717) is 13.0 Å². The predicted molar refractivity (Wildman–Crippen MR) is 107 cm³/mol. The average molecular weight is 396 g/mol. The normalized spacial score (nSPS) is 19.3. The summed E-state index contributed by atoms with van der Waals surface area (Å²) in [5.74, 6) is 0. The number of rotatable bonds is 9. The van der Waals surface area contributed by atoms with Crippen molar-refractivity contribution in [1.29, 1.82) is 0 Å². The molecule has 0 spiro atoms. The lowest BCUT2D eigenvalue weighted by atomic mass is 10.1. The van der Waals surface area contributed by atoms with Gasteiger partial charge in [-0.15, -0.1) is 0 Å². The summed E-state index contributed by atoms with van der Waals surface area (Å²) in [6.07, 6.45) is -0.757. The molecule has 0 unspecified atom stereocenters. The van der Waals surface area contributed by atoms with Gasteiger partial charge in [0.2, 0.25) is 0 Å². The number of hydrogen-bond acceptors (Lipinski definition) is 5. The van der Waals surface area contributed by atoms with E-state index < -0.39 is 26.6 Å². The predicted octanol–water partition coefficient (Wildman–Crippen LogP) is 3.45. The Morgan fingerprint density at radius 1 is 1.33 bits per heavy atom. The quantitative estimate of drug-likeness (QED) is 0.494. The van der Waals surface area contributed by atoms with Crippen molar-refractivity contribution in [2.45, 2.75) is 70.2 Å². The molecule has 2 N–H and O–H groups in total. The van der Waals surface area contributed by atoms with Gasteiger partial charge in [-0.1, -0.05) is 51.1 Å². The van der Waals surface area contributed by atoms with E-state index in [4.69, 9.17) is 13.9 Å². The van der Waals surface area contributed by atoms with E-state index >= 15 is 0 Å². The number of amides is 1. The van der Waals surface area contributed by atoms with Crippen molar-refractivity contribution in [2.24, 2.45) is 0 Å². The van der Waals surface area contributed by atoms with Crippen LogP contribution in [0.4, 0.5) is 4.79 Å². The van der Waals surface area contributed by atoms with Gasteiger partial charge in [-0.3, -0.25) is 0 Å². The number of alkyl carbamates (subject to hydrolysis) is 1. The van der Waals surface area contributed by atoms with Gasteiger partial charge in [-0.25, -0.2) is 4.79 Å². The molecule has 0 radical (unpaired) electrons. The van der Waals surface area contributed by atoms with Crippen LogP contribution in [-0.4, -0.2) is 51.0 Å². The minimum Gasteiger partial charge on any atom is -0.445 e. The van der Waals surface area contributed by atoms with Crippen molar-refractivity contribution in [3.63, 3.8) is 0 Å². The molecule has 0 aromatic heterocycles. The van der Waals surface area contributed by atoms with Gasteiger partial charge in [0.25, 0.3) is 0 Å². The maximum absolute atomic E-state index is 12.2. The maximum atomic E-state index is 12.2. The van der Waals surface area contributed by atoms with Crippen LogP contribution in [0.3, 0.4) is 0 Å². The minimum atomic E-state index is -1.99. The number of benzene rings is 1. The number of aliphatic hydroxyl groups is 1. The molecule has 27 heavy (non-hydrogen) atoms. The third-order valence-electron chi connectivity index (χ3n) is 5.32. The number of ether oxygens (including phenoxy) is 2.